The van der Waals surface area contributed by atoms with Crippen molar-refractivity contribution in [2.24, 2.45) is 5.92 Å². The Kier molecular flexibility index (Phi) is 2.87. The Morgan fingerprint density at radius 3 is 2.64 bits per heavy atom. The zero-order valence-corrected chi connectivity index (χ0v) is 7.99. The molecule has 0 saturated heterocycles. The molecule has 1 rings (SSSR count). The highest BCUT2D eigenvalue weighted by molar-refractivity contribution is 7.15. The number of aliphatic hydroxyl groups excluding tert-OH is 1. The number of aliphatic hydroxyl groups is 1. The van der Waals surface area contributed by atoms with Crippen LogP contribution in [0.5, 0.6) is 0 Å². The lowest BCUT2D eigenvalue weighted by Crippen LogP contribution is -2.02. The SMILES string of the molecule is CC(C)C(O)c1cnc(Cl)s1. The third kappa shape index (κ3) is 2.15. The standard InChI is InChI=1S/C7H10ClNOS/c1-4(2)6(10)5-3-9-7(8)11-5/h3-4,6,10H,1-2H3. The van der Waals surface area contributed by atoms with Crippen LogP contribution in [0, 0.1) is 5.92 Å². The van der Waals surface area contributed by atoms with Gasteiger partial charge in [-0.1, -0.05) is 25.4 Å². The fourth-order valence-electron chi connectivity index (χ4n) is 0.730. The molecular weight excluding hydrogens is 182 g/mol. The molecule has 62 valence electrons. The monoisotopic (exact) mass is 191 g/mol. The van der Waals surface area contributed by atoms with Crippen molar-refractivity contribution in [2.75, 3.05) is 0 Å². The van der Waals surface area contributed by atoms with Gasteiger partial charge in [-0.2, -0.15) is 0 Å². The summed E-state index contributed by atoms with van der Waals surface area (Å²) in [5.74, 6) is 0.214. The van der Waals surface area contributed by atoms with Gasteiger partial charge in [0.25, 0.3) is 0 Å². The second-order valence-corrected chi connectivity index (χ2v) is 4.35. The van der Waals surface area contributed by atoms with E-state index in [0.29, 0.717) is 4.47 Å². The maximum absolute atomic E-state index is 9.52. The lowest BCUT2D eigenvalue weighted by Gasteiger charge is -2.10. The first kappa shape index (κ1) is 8.97. The van der Waals surface area contributed by atoms with E-state index in [0.717, 1.165) is 4.88 Å². The summed E-state index contributed by atoms with van der Waals surface area (Å²) >= 11 is 6.93. The third-order valence-electron chi connectivity index (χ3n) is 1.42. The van der Waals surface area contributed by atoms with Gasteiger partial charge in [-0.05, 0) is 5.92 Å². The summed E-state index contributed by atoms with van der Waals surface area (Å²) in [7, 11) is 0. The average molecular weight is 192 g/mol. The molecule has 1 atom stereocenters. The van der Waals surface area contributed by atoms with Gasteiger partial charge in [0, 0.05) is 6.20 Å². The Balaban J connectivity index is 2.76. The number of hydrogen-bond acceptors (Lipinski definition) is 3. The van der Waals surface area contributed by atoms with Gasteiger partial charge < -0.3 is 5.11 Å². The Hall–Kier alpha value is -0.120. The predicted octanol–water partition coefficient (Wildman–Crippen LogP) is 2.49. The normalized spacial score (nSPS) is 13.9. The summed E-state index contributed by atoms with van der Waals surface area (Å²) in [5.41, 5.74) is 0. The van der Waals surface area contributed by atoms with E-state index in [4.69, 9.17) is 11.6 Å². The van der Waals surface area contributed by atoms with E-state index in [1.807, 2.05) is 13.8 Å². The molecule has 0 amide bonds. The smallest absolute Gasteiger partial charge is 0.183 e. The molecule has 2 nitrogen and oxygen atoms in total. The zero-order chi connectivity index (χ0) is 8.43. The first-order chi connectivity index (χ1) is 5.11. The third-order valence-corrected chi connectivity index (χ3v) is 2.60. The molecule has 0 radical (unpaired) electrons. The first-order valence-corrected chi connectivity index (χ1v) is 4.60. The summed E-state index contributed by atoms with van der Waals surface area (Å²) in [6.45, 7) is 3.91. The summed E-state index contributed by atoms with van der Waals surface area (Å²) in [5, 5.41) is 9.52. The van der Waals surface area contributed by atoms with Gasteiger partial charge in [-0.15, -0.1) is 11.3 Å². The van der Waals surface area contributed by atoms with Crippen molar-refractivity contribution in [3.8, 4) is 0 Å². The van der Waals surface area contributed by atoms with Gasteiger partial charge in [0.1, 0.15) is 0 Å². The van der Waals surface area contributed by atoms with Crippen molar-refractivity contribution in [1.29, 1.82) is 0 Å². The van der Waals surface area contributed by atoms with Crippen LogP contribution in [-0.4, -0.2) is 10.1 Å². The lowest BCUT2D eigenvalue weighted by atomic mass is 10.1. The fourth-order valence-corrected chi connectivity index (χ4v) is 1.84. The lowest BCUT2D eigenvalue weighted by molar-refractivity contribution is 0.130. The van der Waals surface area contributed by atoms with E-state index in [2.05, 4.69) is 4.98 Å². The molecule has 0 spiro atoms. The molecule has 11 heavy (non-hydrogen) atoms. The summed E-state index contributed by atoms with van der Waals surface area (Å²) in [4.78, 5) is 4.68. The predicted molar refractivity (Wildman–Crippen MR) is 46.9 cm³/mol. The molecule has 0 fully saturated rings. The molecule has 1 aromatic heterocycles. The second-order valence-electron chi connectivity index (χ2n) is 2.70. The van der Waals surface area contributed by atoms with Crippen molar-refractivity contribution < 1.29 is 5.11 Å². The minimum absolute atomic E-state index is 0.214. The minimum Gasteiger partial charge on any atom is -0.387 e. The molecule has 0 aliphatic carbocycles. The van der Waals surface area contributed by atoms with Crippen molar-refractivity contribution in [3.05, 3.63) is 15.5 Å². The largest absolute Gasteiger partial charge is 0.387 e. The number of nitrogens with zero attached hydrogens (tertiary/aromatic N) is 1. The quantitative estimate of drug-likeness (QED) is 0.779. The molecule has 1 N–H and O–H groups in total. The van der Waals surface area contributed by atoms with E-state index in [9.17, 15) is 5.11 Å². The Morgan fingerprint density at radius 2 is 2.27 bits per heavy atom. The molecule has 0 saturated carbocycles. The summed E-state index contributed by atoms with van der Waals surface area (Å²) < 4.78 is 0.486. The molecule has 1 aromatic rings. The van der Waals surface area contributed by atoms with Crippen molar-refractivity contribution in [3.63, 3.8) is 0 Å². The molecule has 4 heteroatoms. The van der Waals surface area contributed by atoms with Crippen molar-refractivity contribution in [1.82, 2.24) is 4.98 Å². The fraction of sp³-hybridized carbons (Fsp3) is 0.571. The number of halogens is 1. The van der Waals surface area contributed by atoms with E-state index >= 15 is 0 Å². The molecule has 0 aromatic carbocycles. The molecule has 0 aliphatic rings. The van der Waals surface area contributed by atoms with Gasteiger partial charge >= 0.3 is 0 Å². The van der Waals surface area contributed by atoms with Crippen LogP contribution in [0.15, 0.2) is 6.20 Å². The number of aromatic nitrogens is 1. The Labute approximate surface area is 74.8 Å². The molecule has 0 bridgehead atoms. The summed E-state index contributed by atoms with van der Waals surface area (Å²) in [6, 6.07) is 0. The maximum atomic E-state index is 9.52. The van der Waals surface area contributed by atoms with Crippen LogP contribution in [0.3, 0.4) is 0 Å². The van der Waals surface area contributed by atoms with E-state index in [1.54, 1.807) is 6.20 Å². The average Bonchev–Trinajstić information content (AvgIpc) is 2.34. The van der Waals surface area contributed by atoms with Gasteiger partial charge in [-0.25, -0.2) is 4.98 Å². The molecule has 0 aliphatic heterocycles. The van der Waals surface area contributed by atoms with Crippen LogP contribution in [0.1, 0.15) is 24.8 Å². The van der Waals surface area contributed by atoms with Gasteiger partial charge in [-0.3, -0.25) is 0 Å². The van der Waals surface area contributed by atoms with Gasteiger partial charge in [0.2, 0.25) is 0 Å². The minimum atomic E-state index is -0.431. The maximum Gasteiger partial charge on any atom is 0.183 e. The van der Waals surface area contributed by atoms with Gasteiger partial charge in [0.15, 0.2) is 4.47 Å². The topological polar surface area (TPSA) is 33.1 Å². The number of rotatable bonds is 2. The van der Waals surface area contributed by atoms with Gasteiger partial charge in [0.05, 0.1) is 11.0 Å². The summed E-state index contributed by atoms with van der Waals surface area (Å²) in [6.07, 6.45) is 1.19. The molecule has 1 heterocycles. The van der Waals surface area contributed by atoms with Crippen LogP contribution >= 0.6 is 22.9 Å². The van der Waals surface area contributed by atoms with Crippen LogP contribution in [0.25, 0.3) is 0 Å². The number of hydrogen-bond donors (Lipinski definition) is 1. The van der Waals surface area contributed by atoms with E-state index in [1.165, 1.54) is 11.3 Å². The highest BCUT2D eigenvalue weighted by atomic mass is 35.5. The molecular formula is C7H10ClNOS. The highest BCUT2D eigenvalue weighted by Crippen LogP contribution is 2.28. The highest BCUT2D eigenvalue weighted by Gasteiger charge is 2.14. The zero-order valence-electron chi connectivity index (χ0n) is 6.41. The Morgan fingerprint density at radius 1 is 1.64 bits per heavy atom. The van der Waals surface area contributed by atoms with Crippen LogP contribution in [-0.2, 0) is 0 Å². The Bertz CT molecular complexity index is 236. The first-order valence-electron chi connectivity index (χ1n) is 3.40. The van der Waals surface area contributed by atoms with Crippen LogP contribution in [0.2, 0.25) is 4.47 Å². The van der Waals surface area contributed by atoms with Crippen molar-refractivity contribution in [2.45, 2.75) is 20.0 Å². The van der Waals surface area contributed by atoms with Crippen LogP contribution in [0.4, 0.5) is 0 Å². The molecule has 1 unspecified atom stereocenters. The van der Waals surface area contributed by atoms with E-state index < -0.39 is 6.10 Å². The second kappa shape index (κ2) is 3.52. The van der Waals surface area contributed by atoms with E-state index in [-0.39, 0.29) is 5.92 Å². The number of thiazole rings is 1. The van der Waals surface area contributed by atoms with Crippen molar-refractivity contribution >= 4 is 22.9 Å². The van der Waals surface area contributed by atoms with Crippen LogP contribution < -0.4 is 0 Å².